The van der Waals surface area contributed by atoms with Gasteiger partial charge in [-0.05, 0) is 79.9 Å². The van der Waals surface area contributed by atoms with Gasteiger partial charge in [-0.25, -0.2) is 9.97 Å². The quantitative estimate of drug-likeness (QED) is 0.176. The van der Waals surface area contributed by atoms with Gasteiger partial charge in [0.25, 0.3) is 0 Å². The minimum atomic E-state index is -0.413. The van der Waals surface area contributed by atoms with Gasteiger partial charge in [0, 0.05) is 26.5 Å². The highest BCUT2D eigenvalue weighted by Crippen LogP contribution is 2.62. The first-order valence-electron chi connectivity index (χ1n) is 19.1. The van der Waals surface area contributed by atoms with E-state index in [0.29, 0.717) is 5.82 Å². The fourth-order valence-corrected chi connectivity index (χ4v) is 10.1. The number of fused-ring (bicyclic) bond motifs is 9. The molecule has 2 heterocycles. The molecule has 2 aliphatic rings. The summed E-state index contributed by atoms with van der Waals surface area (Å²) >= 11 is 1.88. The summed E-state index contributed by atoms with van der Waals surface area (Å²) in [6.07, 6.45) is 0. The van der Waals surface area contributed by atoms with Crippen LogP contribution >= 0.6 is 11.8 Å². The van der Waals surface area contributed by atoms with E-state index in [1.165, 1.54) is 59.9 Å². The average Bonchev–Trinajstić information content (AvgIpc) is 3.57. The van der Waals surface area contributed by atoms with Gasteiger partial charge in [-0.2, -0.15) is 0 Å². The Labute approximate surface area is 331 Å². The molecule has 0 radical (unpaired) electrons. The molecule has 1 aromatic heterocycles. The van der Waals surface area contributed by atoms with Crippen molar-refractivity contribution in [2.45, 2.75) is 15.2 Å². The normalized spacial score (nSPS) is 13.1. The second kappa shape index (κ2) is 13.2. The molecule has 0 saturated heterocycles. The predicted octanol–water partition coefficient (Wildman–Crippen LogP) is 13.6. The molecule has 0 saturated carbocycles. The van der Waals surface area contributed by atoms with Gasteiger partial charge in [0.1, 0.15) is 0 Å². The van der Waals surface area contributed by atoms with E-state index >= 15 is 0 Å². The van der Waals surface area contributed by atoms with Gasteiger partial charge in [0.2, 0.25) is 0 Å². The number of rotatable bonds is 5. The first-order valence-corrected chi connectivity index (χ1v) is 19.9. The molecule has 9 aromatic rings. The molecule has 56 heavy (non-hydrogen) atoms. The highest BCUT2D eigenvalue weighted by atomic mass is 32.2. The number of benzene rings is 8. The van der Waals surface area contributed by atoms with Crippen molar-refractivity contribution < 1.29 is 0 Å². The molecule has 0 atom stereocenters. The van der Waals surface area contributed by atoms with Gasteiger partial charge in [-0.1, -0.05) is 194 Å². The second-order valence-electron chi connectivity index (χ2n) is 14.5. The van der Waals surface area contributed by atoms with E-state index in [1.54, 1.807) is 0 Å². The number of hydrogen-bond donors (Lipinski definition) is 0. The average molecular weight is 731 g/mol. The van der Waals surface area contributed by atoms with Gasteiger partial charge >= 0.3 is 0 Å². The van der Waals surface area contributed by atoms with Gasteiger partial charge in [0.05, 0.1) is 16.8 Å². The summed E-state index contributed by atoms with van der Waals surface area (Å²) in [7, 11) is 0. The molecule has 262 valence electrons. The maximum Gasteiger partial charge on any atom is 0.160 e. The Hall–Kier alpha value is -6.81. The molecule has 1 aliphatic carbocycles. The topological polar surface area (TPSA) is 25.8 Å². The van der Waals surface area contributed by atoms with Gasteiger partial charge in [-0.15, -0.1) is 0 Å². The maximum atomic E-state index is 5.08. The van der Waals surface area contributed by atoms with Crippen LogP contribution in [0.1, 0.15) is 22.3 Å². The Morgan fingerprint density at radius 3 is 1.36 bits per heavy atom. The molecule has 0 fully saturated rings. The standard InChI is InChI=1S/C53H34N2S/c1-3-15-36(16-4-1)48-34-49(37-17-5-2-6-18-37)55-52(54-48)38-29-27-35(28-30-38)40-19-7-8-20-41(40)39-31-32-51-47(33-39)53(46-25-13-14-26-50(46)56-51)44-23-11-9-21-42(44)43-22-10-12-24-45(43)53/h1-34H. The fourth-order valence-electron chi connectivity index (χ4n) is 8.90. The third kappa shape index (κ3) is 5.12. The van der Waals surface area contributed by atoms with E-state index in [2.05, 4.69) is 194 Å². The lowest BCUT2D eigenvalue weighted by Gasteiger charge is -2.40. The first-order chi connectivity index (χ1) is 27.8. The molecule has 8 aromatic carbocycles. The van der Waals surface area contributed by atoms with Crippen molar-refractivity contribution in [3.8, 4) is 67.3 Å². The summed E-state index contributed by atoms with van der Waals surface area (Å²) in [6, 6.07) is 74.4. The Morgan fingerprint density at radius 2 is 0.750 bits per heavy atom. The second-order valence-corrected chi connectivity index (χ2v) is 15.6. The van der Waals surface area contributed by atoms with Gasteiger partial charge < -0.3 is 0 Å². The summed E-state index contributed by atoms with van der Waals surface area (Å²) in [4.78, 5) is 12.8. The fraction of sp³-hybridized carbons (Fsp3) is 0.0189. The Bertz CT molecular complexity index is 2830. The highest BCUT2D eigenvalue weighted by Gasteiger charge is 2.50. The zero-order valence-corrected chi connectivity index (χ0v) is 31.2. The maximum absolute atomic E-state index is 5.08. The molecule has 11 rings (SSSR count). The summed E-state index contributed by atoms with van der Waals surface area (Å²) in [6.45, 7) is 0. The van der Waals surface area contributed by atoms with E-state index in [0.717, 1.165) is 33.6 Å². The molecule has 0 N–H and O–H groups in total. The summed E-state index contributed by atoms with van der Waals surface area (Å²) in [5.74, 6) is 0.708. The van der Waals surface area contributed by atoms with Crippen LogP contribution in [0.3, 0.4) is 0 Å². The van der Waals surface area contributed by atoms with Gasteiger partial charge in [0.15, 0.2) is 5.82 Å². The molecule has 3 heteroatoms. The van der Waals surface area contributed by atoms with Crippen molar-refractivity contribution in [3.05, 3.63) is 229 Å². The van der Waals surface area contributed by atoms with Crippen LogP contribution < -0.4 is 0 Å². The lowest BCUT2D eigenvalue weighted by atomic mass is 9.67. The van der Waals surface area contributed by atoms with E-state index in [9.17, 15) is 0 Å². The van der Waals surface area contributed by atoms with Crippen LogP contribution in [-0.2, 0) is 5.41 Å². The van der Waals surface area contributed by atoms with Crippen LogP contribution in [0.2, 0.25) is 0 Å². The minimum Gasteiger partial charge on any atom is -0.228 e. The number of aromatic nitrogens is 2. The first kappa shape index (κ1) is 32.6. The number of hydrogen-bond acceptors (Lipinski definition) is 3. The van der Waals surface area contributed by atoms with E-state index < -0.39 is 5.41 Å². The molecule has 1 spiro atoms. The SMILES string of the molecule is c1ccc(-c2cc(-c3ccccc3)nc(-c3ccc(-c4ccccc4-c4ccc5c(c4)C4(c6ccccc6S5)c5ccccc5-c5ccccc54)cc3)n2)cc1. The van der Waals surface area contributed by atoms with Crippen LogP contribution in [-0.4, -0.2) is 9.97 Å². The third-order valence-electron chi connectivity index (χ3n) is 11.4. The van der Waals surface area contributed by atoms with Crippen molar-refractivity contribution >= 4 is 11.8 Å². The zero-order chi connectivity index (χ0) is 37.1. The lowest BCUT2D eigenvalue weighted by Crippen LogP contribution is -2.32. The van der Waals surface area contributed by atoms with Crippen LogP contribution in [0.15, 0.2) is 216 Å². The third-order valence-corrected chi connectivity index (χ3v) is 12.6. The molecular weight excluding hydrogens is 697 g/mol. The van der Waals surface area contributed by atoms with E-state index in [-0.39, 0.29) is 0 Å². The molecule has 0 amide bonds. The van der Waals surface area contributed by atoms with Crippen molar-refractivity contribution in [2.24, 2.45) is 0 Å². The van der Waals surface area contributed by atoms with Gasteiger partial charge in [-0.3, -0.25) is 0 Å². The Balaban J connectivity index is 1.03. The van der Waals surface area contributed by atoms with Crippen LogP contribution in [0.4, 0.5) is 0 Å². The Morgan fingerprint density at radius 1 is 0.304 bits per heavy atom. The molecular formula is C53H34N2S. The molecule has 0 bridgehead atoms. The Kier molecular flexibility index (Phi) is 7.68. The van der Waals surface area contributed by atoms with Crippen molar-refractivity contribution in [2.75, 3.05) is 0 Å². The van der Waals surface area contributed by atoms with Crippen molar-refractivity contribution in [1.29, 1.82) is 0 Å². The molecule has 0 unspecified atom stereocenters. The summed E-state index contributed by atoms with van der Waals surface area (Å²) in [5, 5.41) is 0. The summed E-state index contributed by atoms with van der Waals surface area (Å²) < 4.78 is 0. The summed E-state index contributed by atoms with van der Waals surface area (Å²) in [5.41, 5.74) is 17.3. The predicted molar refractivity (Wildman–Crippen MR) is 231 cm³/mol. The van der Waals surface area contributed by atoms with Crippen molar-refractivity contribution in [3.63, 3.8) is 0 Å². The highest BCUT2D eigenvalue weighted by molar-refractivity contribution is 7.99. The largest absolute Gasteiger partial charge is 0.228 e. The van der Waals surface area contributed by atoms with Crippen LogP contribution in [0.5, 0.6) is 0 Å². The monoisotopic (exact) mass is 730 g/mol. The van der Waals surface area contributed by atoms with E-state index in [1.807, 2.05) is 23.9 Å². The van der Waals surface area contributed by atoms with Crippen LogP contribution in [0, 0.1) is 0 Å². The number of nitrogens with zero attached hydrogens (tertiary/aromatic N) is 2. The zero-order valence-electron chi connectivity index (χ0n) is 30.4. The minimum absolute atomic E-state index is 0.413. The van der Waals surface area contributed by atoms with E-state index in [4.69, 9.17) is 9.97 Å². The molecule has 2 nitrogen and oxygen atoms in total. The smallest absolute Gasteiger partial charge is 0.160 e. The molecule has 1 aliphatic heterocycles. The lowest BCUT2D eigenvalue weighted by molar-refractivity contribution is 0.723. The van der Waals surface area contributed by atoms with Crippen LogP contribution in [0.25, 0.3) is 67.3 Å². The van der Waals surface area contributed by atoms with Crippen molar-refractivity contribution in [1.82, 2.24) is 9.97 Å².